The topological polar surface area (TPSA) is 43.1 Å². The Morgan fingerprint density at radius 3 is 2.76 bits per heavy atom. The van der Waals surface area contributed by atoms with Gasteiger partial charge in [-0.1, -0.05) is 29.3 Å². The van der Waals surface area contributed by atoms with Gasteiger partial charge in [0.15, 0.2) is 0 Å². The minimum absolute atomic E-state index is 0.00241. The molecule has 17 heavy (non-hydrogen) atoms. The lowest BCUT2D eigenvalue weighted by atomic mass is 10.0. The molecule has 1 atom stereocenters. The minimum Gasteiger partial charge on any atom is -0.258 e. The molecule has 0 N–H and O–H groups in total. The smallest absolute Gasteiger partial charge is 0.258 e. The van der Waals surface area contributed by atoms with Crippen molar-refractivity contribution in [3.05, 3.63) is 39.7 Å². The highest BCUT2D eigenvalue weighted by Crippen LogP contribution is 2.23. The van der Waals surface area contributed by atoms with Crippen LogP contribution >= 0.6 is 15.9 Å². The van der Waals surface area contributed by atoms with Gasteiger partial charge in [-0.2, -0.15) is 0 Å². The van der Waals surface area contributed by atoms with Crippen LogP contribution in [0.15, 0.2) is 18.2 Å². The molecule has 0 aliphatic rings. The Balaban J connectivity index is 2.75. The van der Waals surface area contributed by atoms with Gasteiger partial charge in [-0.3, -0.25) is 10.1 Å². The summed E-state index contributed by atoms with van der Waals surface area (Å²) in [5.74, 6) is -0.424. The Labute approximate surface area is 108 Å². The molecule has 1 rings (SSSR count). The molecule has 1 unspecified atom stereocenters. The summed E-state index contributed by atoms with van der Waals surface area (Å²) in [5, 5.41) is 10.8. The number of hydrogen-bond donors (Lipinski definition) is 0. The largest absolute Gasteiger partial charge is 0.272 e. The van der Waals surface area contributed by atoms with Gasteiger partial charge in [0, 0.05) is 16.5 Å². The van der Waals surface area contributed by atoms with E-state index in [4.69, 9.17) is 0 Å². The van der Waals surface area contributed by atoms with E-state index in [0.29, 0.717) is 16.8 Å². The molecule has 0 bridgehead atoms. The number of halogens is 2. The van der Waals surface area contributed by atoms with Crippen LogP contribution in [0.4, 0.5) is 10.1 Å². The lowest BCUT2D eigenvalue weighted by Gasteiger charge is -2.08. The maximum absolute atomic E-state index is 13.0. The Hall–Kier alpha value is -0.970. The summed E-state index contributed by atoms with van der Waals surface area (Å²) < 4.78 is 13.0. The van der Waals surface area contributed by atoms with Crippen LogP contribution < -0.4 is 0 Å². The molecule has 0 aliphatic heterocycles. The van der Waals surface area contributed by atoms with Crippen LogP contribution in [0.5, 0.6) is 0 Å². The molecule has 1 aromatic carbocycles. The van der Waals surface area contributed by atoms with Gasteiger partial charge in [0.1, 0.15) is 5.82 Å². The minimum atomic E-state index is -0.460. The van der Waals surface area contributed by atoms with E-state index in [2.05, 4.69) is 22.9 Å². The van der Waals surface area contributed by atoms with Crippen LogP contribution in [0.3, 0.4) is 0 Å². The summed E-state index contributed by atoms with van der Waals surface area (Å²) in [6.45, 7) is 2.08. The summed E-state index contributed by atoms with van der Waals surface area (Å²) in [4.78, 5) is 10.6. The second kappa shape index (κ2) is 6.69. The SMILES string of the molecule is CCCC(Br)CCc1cc(F)ccc1[N+](=O)[O-]. The van der Waals surface area contributed by atoms with Gasteiger partial charge in [-0.15, -0.1) is 0 Å². The van der Waals surface area contributed by atoms with Crippen LogP contribution in [0.1, 0.15) is 31.7 Å². The highest BCUT2D eigenvalue weighted by Gasteiger charge is 2.15. The molecule has 0 aliphatic carbocycles. The van der Waals surface area contributed by atoms with Gasteiger partial charge in [-0.05, 0) is 31.4 Å². The molecule has 0 heterocycles. The summed E-state index contributed by atoms with van der Waals surface area (Å²) in [5.41, 5.74) is 0.471. The molecule has 0 aromatic heterocycles. The summed E-state index contributed by atoms with van der Waals surface area (Å²) in [6.07, 6.45) is 3.37. The van der Waals surface area contributed by atoms with Gasteiger partial charge >= 0.3 is 0 Å². The van der Waals surface area contributed by atoms with Crippen molar-refractivity contribution in [2.24, 2.45) is 0 Å². The first kappa shape index (κ1) is 14.1. The van der Waals surface area contributed by atoms with Crippen molar-refractivity contribution in [1.82, 2.24) is 0 Å². The van der Waals surface area contributed by atoms with Crippen molar-refractivity contribution in [3.8, 4) is 0 Å². The average Bonchev–Trinajstić information content (AvgIpc) is 2.26. The standard InChI is InChI=1S/C12H15BrFNO2/c1-2-3-10(13)5-4-9-8-11(14)6-7-12(9)15(16)17/h6-8,10H,2-5H2,1H3. The number of nitro benzene ring substituents is 1. The zero-order chi connectivity index (χ0) is 12.8. The monoisotopic (exact) mass is 303 g/mol. The van der Waals surface area contributed by atoms with Crippen molar-refractivity contribution in [2.75, 3.05) is 0 Å². The maximum Gasteiger partial charge on any atom is 0.272 e. The summed E-state index contributed by atoms with van der Waals surface area (Å²) in [6, 6.07) is 3.61. The van der Waals surface area contributed by atoms with E-state index in [-0.39, 0.29) is 5.69 Å². The van der Waals surface area contributed by atoms with E-state index in [1.54, 1.807) is 0 Å². The fourth-order valence-corrected chi connectivity index (χ4v) is 2.39. The number of rotatable bonds is 6. The third kappa shape index (κ3) is 4.42. The van der Waals surface area contributed by atoms with Gasteiger partial charge in [0.25, 0.3) is 5.69 Å². The molecule has 0 fully saturated rings. The highest BCUT2D eigenvalue weighted by atomic mass is 79.9. The normalized spacial score (nSPS) is 12.4. The third-order valence-electron chi connectivity index (χ3n) is 2.57. The van der Waals surface area contributed by atoms with Gasteiger partial charge in [0.05, 0.1) is 4.92 Å². The van der Waals surface area contributed by atoms with Crippen LogP contribution in [-0.2, 0) is 6.42 Å². The first-order valence-corrected chi connectivity index (χ1v) is 6.53. The van der Waals surface area contributed by atoms with E-state index in [0.717, 1.165) is 25.3 Å². The molecule has 94 valence electrons. The molecule has 0 saturated carbocycles. The fourth-order valence-electron chi connectivity index (χ4n) is 1.70. The van der Waals surface area contributed by atoms with E-state index in [9.17, 15) is 14.5 Å². The summed E-state index contributed by atoms with van der Waals surface area (Å²) in [7, 11) is 0. The van der Waals surface area contributed by atoms with Crippen molar-refractivity contribution >= 4 is 21.6 Å². The molecular formula is C12H15BrFNO2. The van der Waals surface area contributed by atoms with E-state index in [1.165, 1.54) is 12.1 Å². The molecule has 5 heteroatoms. The molecule has 0 saturated heterocycles. The van der Waals surface area contributed by atoms with E-state index < -0.39 is 10.7 Å². The third-order valence-corrected chi connectivity index (χ3v) is 3.48. The van der Waals surface area contributed by atoms with Gasteiger partial charge in [-0.25, -0.2) is 4.39 Å². The number of nitrogens with zero attached hydrogens (tertiary/aromatic N) is 1. The predicted molar refractivity (Wildman–Crippen MR) is 69.0 cm³/mol. The lowest BCUT2D eigenvalue weighted by molar-refractivity contribution is -0.385. The Bertz CT molecular complexity index is 398. The molecule has 0 spiro atoms. The van der Waals surface area contributed by atoms with E-state index >= 15 is 0 Å². The number of nitro groups is 1. The first-order valence-electron chi connectivity index (χ1n) is 5.61. The zero-order valence-corrected chi connectivity index (χ0v) is 11.2. The number of benzene rings is 1. The average molecular weight is 304 g/mol. The van der Waals surface area contributed by atoms with Crippen molar-refractivity contribution in [1.29, 1.82) is 0 Å². The number of hydrogen-bond acceptors (Lipinski definition) is 2. The fraction of sp³-hybridized carbons (Fsp3) is 0.500. The second-order valence-corrected chi connectivity index (χ2v) is 5.25. The molecule has 3 nitrogen and oxygen atoms in total. The highest BCUT2D eigenvalue weighted by molar-refractivity contribution is 9.09. The van der Waals surface area contributed by atoms with Crippen LogP contribution in [-0.4, -0.2) is 9.75 Å². The van der Waals surface area contributed by atoms with Crippen molar-refractivity contribution < 1.29 is 9.31 Å². The Morgan fingerprint density at radius 1 is 1.47 bits per heavy atom. The number of aryl methyl sites for hydroxylation is 1. The Morgan fingerprint density at radius 2 is 2.18 bits per heavy atom. The van der Waals surface area contributed by atoms with Crippen molar-refractivity contribution in [3.63, 3.8) is 0 Å². The quantitative estimate of drug-likeness (QED) is 0.448. The Kier molecular flexibility index (Phi) is 5.55. The second-order valence-electron chi connectivity index (χ2n) is 3.95. The molecule has 0 amide bonds. The van der Waals surface area contributed by atoms with Crippen LogP contribution in [0, 0.1) is 15.9 Å². The van der Waals surface area contributed by atoms with Crippen LogP contribution in [0.2, 0.25) is 0 Å². The summed E-state index contributed by atoms with van der Waals surface area (Å²) >= 11 is 3.51. The van der Waals surface area contributed by atoms with Crippen LogP contribution in [0.25, 0.3) is 0 Å². The lowest BCUT2D eigenvalue weighted by Crippen LogP contribution is -2.02. The molecule has 0 radical (unpaired) electrons. The van der Waals surface area contributed by atoms with Crippen molar-refractivity contribution in [2.45, 2.75) is 37.4 Å². The maximum atomic E-state index is 13.0. The number of alkyl halides is 1. The first-order chi connectivity index (χ1) is 8.04. The van der Waals surface area contributed by atoms with E-state index in [1.807, 2.05) is 0 Å². The zero-order valence-electron chi connectivity index (χ0n) is 9.66. The van der Waals surface area contributed by atoms with Gasteiger partial charge < -0.3 is 0 Å². The molecular weight excluding hydrogens is 289 g/mol. The van der Waals surface area contributed by atoms with Gasteiger partial charge in [0.2, 0.25) is 0 Å². The molecule has 1 aromatic rings. The predicted octanol–water partition coefficient (Wildman–Crippen LogP) is 4.23.